The molecule has 2 atom stereocenters. The van der Waals surface area contributed by atoms with Crippen LogP contribution in [0.1, 0.15) is 46.5 Å². The van der Waals surface area contributed by atoms with Gasteiger partial charge in [-0.2, -0.15) is 0 Å². The Balaban J connectivity index is 1.79. The van der Waals surface area contributed by atoms with Gasteiger partial charge < -0.3 is 15.4 Å². The van der Waals surface area contributed by atoms with Crippen molar-refractivity contribution in [3.05, 3.63) is 0 Å². The second kappa shape index (κ2) is 4.48. The van der Waals surface area contributed by atoms with E-state index in [-0.39, 0.29) is 6.09 Å². The van der Waals surface area contributed by atoms with Crippen LogP contribution in [0.25, 0.3) is 0 Å². The molecule has 2 rings (SSSR count). The minimum absolute atomic E-state index is 0.273. The van der Waals surface area contributed by atoms with E-state index in [4.69, 9.17) is 4.74 Å². The highest BCUT2D eigenvalue weighted by atomic mass is 16.6. The van der Waals surface area contributed by atoms with E-state index in [1.165, 1.54) is 12.8 Å². The average Bonchev–Trinajstić information content (AvgIpc) is 2.75. The van der Waals surface area contributed by atoms with Gasteiger partial charge in [0.05, 0.1) is 0 Å². The first-order chi connectivity index (χ1) is 7.89. The number of hydrogen-bond acceptors (Lipinski definition) is 3. The summed E-state index contributed by atoms with van der Waals surface area (Å²) >= 11 is 0. The quantitative estimate of drug-likeness (QED) is 0.737. The predicted molar refractivity (Wildman–Crippen MR) is 66.9 cm³/mol. The van der Waals surface area contributed by atoms with Gasteiger partial charge in [0.25, 0.3) is 0 Å². The van der Waals surface area contributed by atoms with Gasteiger partial charge in [-0.1, -0.05) is 0 Å². The van der Waals surface area contributed by atoms with Crippen molar-refractivity contribution in [3.8, 4) is 0 Å². The molecule has 0 bridgehead atoms. The zero-order valence-electron chi connectivity index (χ0n) is 11.1. The van der Waals surface area contributed by atoms with Gasteiger partial charge in [-0.15, -0.1) is 0 Å². The number of rotatable bonds is 1. The third-order valence-corrected chi connectivity index (χ3v) is 3.76. The van der Waals surface area contributed by atoms with Crippen molar-refractivity contribution in [2.24, 2.45) is 5.41 Å². The molecule has 0 aromatic heterocycles. The summed E-state index contributed by atoms with van der Waals surface area (Å²) in [4.78, 5) is 11.7. The lowest BCUT2D eigenvalue weighted by Gasteiger charge is -2.24. The van der Waals surface area contributed by atoms with Crippen LogP contribution >= 0.6 is 0 Å². The molecule has 1 saturated carbocycles. The minimum atomic E-state index is -0.407. The van der Waals surface area contributed by atoms with Crippen LogP contribution in [0.2, 0.25) is 0 Å². The number of carbonyl (C=O) groups is 1. The smallest absolute Gasteiger partial charge is 0.407 e. The van der Waals surface area contributed by atoms with Gasteiger partial charge in [-0.3, -0.25) is 0 Å². The Bertz CT molecular complexity index is 290. The minimum Gasteiger partial charge on any atom is -0.444 e. The van der Waals surface area contributed by atoms with E-state index in [0.717, 1.165) is 25.9 Å². The Kier molecular flexibility index (Phi) is 3.34. The van der Waals surface area contributed by atoms with Crippen LogP contribution in [-0.4, -0.2) is 30.8 Å². The second-order valence-corrected chi connectivity index (χ2v) is 6.51. The lowest BCUT2D eigenvalue weighted by atomic mass is 9.85. The number of amides is 1. The Hall–Kier alpha value is -0.770. The van der Waals surface area contributed by atoms with Crippen molar-refractivity contribution in [1.82, 2.24) is 10.6 Å². The van der Waals surface area contributed by atoms with Crippen molar-refractivity contribution in [2.45, 2.75) is 58.1 Å². The largest absolute Gasteiger partial charge is 0.444 e. The molecule has 0 aromatic carbocycles. The molecule has 2 N–H and O–H groups in total. The summed E-state index contributed by atoms with van der Waals surface area (Å²) < 4.78 is 5.29. The maximum absolute atomic E-state index is 11.7. The highest BCUT2D eigenvalue weighted by molar-refractivity contribution is 5.68. The van der Waals surface area contributed by atoms with E-state index in [1.54, 1.807) is 0 Å². The van der Waals surface area contributed by atoms with Crippen molar-refractivity contribution in [2.75, 3.05) is 13.1 Å². The van der Waals surface area contributed by atoms with Gasteiger partial charge in [0.1, 0.15) is 5.60 Å². The molecule has 1 amide bonds. The van der Waals surface area contributed by atoms with Crippen LogP contribution in [0.3, 0.4) is 0 Å². The van der Waals surface area contributed by atoms with E-state index in [9.17, 15) is 4.79 Å². The molecular formula is C13H24N2O2. The zero-order valence-corrected chi connectivity index (χ0v) is 11.1. The van der Waals surface area contributed by atoms with Gasteiger partial charge in [0.2, 0.25) is 0 Å². The van der Waals surface area contributed by atoms with Crippen LogP contribution in [0.5, 0.6) is 0 Å². The molecule has 0 radical (unpaired) electrons. The Morgan fingerprint density at radius 2 is 2.18 bits per heavy atom. The molecule has 1 aliphatic carbocycles. The lowest BCUT2D eigenvalue weighted by molar-refractivity contribution is 0.0503. The molecule has 1 heterocycles. The molecule has 17 heavy (non-hydrogen) atoms. The topological polar surface area (TPSA) is 50.4 Å². The van der Waals surface area contributed by atoms with Crippen LogP contribution < -0.4 is 10.6 Å². The predicted octanol–water partition coefficient (Wildman–Crippen LogP) is 2.04. The summed E-state index contributed by atoms with van der Waals surface area (Å²) in [6, 6.07) is 0.296. The molecule has 4 heteroatoms. The molecule has 1 spiro atoms. The first kappa shape index (κ1) is 12.7. The normalized spacial score (nSPS) is 33.0. The Labute approximate surface area is 103 Å². The first-order valence-corrected chi connectivity index (χ1v) is 6.59. The van der Waals surface area contributed by atoms with Gasteiger partial charge in [0, 0.05) is 12.6 Å². The van der Waals surface area contributed by atoms with E-state index in [1.807, 2.05) is 20.8 Å². The number of nitrogens with one attached hydrogen (secondary N) is 2. The zero-order chi connectivity index (χ0) is 12.5. The standard InChI is InChI=1S/C13H24N2O2/c1-12(2,3)17-11(16)15-10-4-5-13(8-10)6-7-14-9-13/h10,14H,4-9H2,1-3H3,(H,15,16). The van der Waals surface area contributed by atoms with Crippen molar-refractivity contribution in [3.63, 3.8) is 0 Å². The molecule has 4 nitrogen and oxygen atoms in total. The van der Waals surface area contributed by atoms with Crippen molar-refractivity contribution < 1.29 is 9.53 Å². The maximum Gasteiger partial charge on any atom is 0.407 e. The van der Waals surface area contributed by atoms with Crippen LogP contribution in [0.15, 0.2) is 0 Å². The number of ether oxygens (including phenoxy) is 1. The summed E-state index contributed by atoms with van der Waals surface area (Å²) in [5.74, 6) is 0. The summed E-state index contributed by atoms with van der Waals surface area (Å²) in [6.45, 7) is 7.91. The third-order valence-electron chi connectivity index (χ3n) is 3.76. The SMILES string of the molecule is CC(C)(C)OC(=O)NC1CCC2(CCNC2)C1. The number of alkyl carbamates (subject to hydrolysis) is 1. The van der Waals surface area contributed by atoms with Gasteiger partial charge in [-0.05, 0) is 58.4 Å². The average molecular weight is 240 g/mol. The van der Waals surface area contributed by atoms with E-state index in [2.05, 4.69) is 10.6 Å². The Morgan fingerprint density at radius 1 is 1.41 bits per heavy atom. The van der Waals surface area contributed by atoms with Crippen molar-refractivity contribution >= 4 is 6.09 Å². The highest BCUT2D eigenvalue weighted by Crippen LogP contribution is 2.42. The molecule has 2 unspecified atom stereocenters. The summed E-state index contributed by atoms with van der Waals surface area (Å²) in [6.07, 6.45) is 4.38. The van der Waals surface area contributed by atoms with E-state index >= 15 is 0 Å². The van der Waals surface area contributed by atoms with Crippen LogP contribution in [0, 0.1) is 5.41 Å². The summed E-state index contributed by atoms with van der Waals surface area (Å²) in [7, 11) is 0. The van der Waals surface area contributed by atoms with Crippen LogP contribution in [-0.2, 0) is 4.74 Å². The molecule has 2 aliphatic rings. The van der Waals surface area contributed by atoms with Gasteiger partial charge in [0.15, 0.2) is 0 Å². The van der Waals surface area contributed by atoms with Gasteiger partial charge >= 0.3 is 6.09 Å². The fourth-order valence-corrected chi connectivity index (χ4v) is 2.99. The highest BCUT2D eigenvalue weighted by Gasteiger charge is 2.41. The molecule has 0 aromatic rings. The summed E-state index contributed by atoms with van der Waals surface area (Å²) in [5, 5.41) is 6.42. The summed E-state index contributed by atoms with van der Waals surface area (Å²) in [5.41, 5.74) is 0.0367. The number of hydrogen-bond donors (Lipinski definition) is 2. The molecular weight excluding hydrogens is 216 g/mol. The van der Waals surface area contributed by atoms with Crippen LogP contribution in [0.4, 0.5) is 4.79 Å². The van der Waals surface area contributed by atoms with Gasteiger partial charge in [-0.25, -0.2) is 4.79 Å². The van der Waals surface area contributed by atoms with Crippen molar-refractivity contribution in [1.29, 1.82) is 0 Å². The molecule has 1 saturated heterocycles. The Morgan fingerprint density at radius 3 is 2.76 bits per heavy atom. The molecule has 2 fully saturated rings. The fourth-order valence-electron chi connectivity index (χ4n) is 2.99. The monoisotopic (exact) mass is 240 g/mol. The second-order valence-electron chi connectivity index (χ2n) is 6.51. The first-order valence-electron chi connectivity index (χ1n) is 6.59. The third kappa shape index (κ3) is 3.35. The van der Waals surface area contributed by atoms with E-state index < -0.39 is 5.60 Å². The van der Waals surface area contributed by atoms with E-state index in [0.29, 0.717) is 11.5 Å². The maximum atomic E-state index is 11.7. The molecule has 98 valence electrons. The fraction of sp³-hybridized carbons (Fsp3) is 0.923. The molecule has 1 aliphatic heterocycles. The number of carbonyl (C=O) groups excluding carboxylic acids is 1. The lowest BCUT2D eigenvalue weighted by Crippen LogP contribution is -2.38.